The van der Waals surface area contributed by atoms with E-state index in [1.165, 1.54) is 11.1 Å². The van der Waals surface area contributed by atoms with Gasteiger partial charge in [-0.2, -0.15) is 0 Å². The van der Waals surface area contributed by atoms with Crippen LogP contribution in [0.4, 0.5) is 5.82 Å². The summed E-state index contributed by atoms with van der Waals surface area (Å²) in [6.07, 6.45) is 4.28. The van der Waals surface area contributed by atoms with Gasteiger partial charge in [-0.05, 0) is 44.2 Å². The standard InChI is InChI=1S/C26H27N5O/c1-16-22(19-12-8-13-20(23(19)29-16)26(32)27-2)25-30-21-14-7-6-11-18(21)24(31-25)28-15-17-9-4-3-5-10-17/h3-5,8-10,12-13,29H,6-7,11,14-15H2,1-2H3,(H,27,32)(H,28,30,31). The highest BCUT2D eigenvalue weighted by Crippen LogP contribution is 2.35. The first-order valence-corrected chi connectivity index (χ1v) is 11.2. The number of anilines is 1. The Hall–Kier alpha value is -3.67. The number of aryl methyl sites for hydroxylation is 2. The zero-order chi connectivity index (χ0) is 22.1. The predicted molar refractivity (Wildman–Crippen MR) is 128 cm³/mol. The number of nitrogens with one attached hydrogen (secondary N) is 3. The summed E-state index contributed by atoms with van der Waals surface area (Å²) < 4.78 is 0. The van der Waals surface area contributed by atoms with Gasteiger partial charge in [-0.15, -0.1) is 0 Å². The lowest BCUT2D eigenvalue weighted by Gasteiger charge is -2.20. The number of aromatic nitrogens is 3. The minimum absolute atomic E-state index is 0.111. The second-order valence-electron chi connectivity index (χ2n) is 8.30. The fourth-order valence-electron chi connectivity index (χ4n) is 4.59. The molecule has 1 aliphatic carbocycles. The fraction of sp³-hybridized carbons (Fsp3) is 0.269. The van der Waals surface area contributed by atoms with E-state index in [4.69, 9.17) is 9.97 Å². The van der Waals surface area contributed by atoms with Crippen LogP contribution in [0, 0.1) is 6.92 Å². The fourth-order valence-corrected chi connectivity index (χ4v) is 4.59. The largest absolute Gasteiger partial charge is 0.366 e. The minimum atomic E-state index is -0.111. The molecule has 2 aromatic heterocycles. The van der Waals surface area contributed by atoms with Gasteiger partial charge in [-0.25, -0.2) is 9.97 Å². The number of amides is 1. The van der Waals surface area contributed by atoms with Crippen LogP contribution < -0.4 is 10.6 Å². The Labute approximate surface area is 187 Å². The first kappa shape index (κ1) is 20.2. The maximum absolute atomic E-state index is 12.4. The summed E-state index contributed by atoms with van der Waals surface area (Å²) in [6.45, 7) is 2.74. The number of carbonyl (C=O) groups is 1. The summed E-state index contributed by atoms with van der Waals surface area (Å²) in [4.78, 5) is 25.8. The molecule has 2 heterocycles. The van der Waals surface area contributed by atoms with E-state index >= 15 is 0 Å². The van der Waals surface area contributed by atoms with Crippen LogP contribution in [0.25, 0.3) is 22.3 Å². The molecule has 0 saturated heterocycles. The Balaban J connectivity index is 1.62. The van der Waals surface area contributed by atoms with Gasteiger partial charge in [-0.3, -0.25) is 4.79 Å². The van der Waals surface area contributed by atoms with E-state index in [0.717, 1.165) is 65.9 Å². The van der Waals surface area contributed by atoms with Crippen molar-refractivity contribution in [1.82, 2.24) is 20.3 Å². The number of rotatable bonds is 5. The van der Waals surface area contributed by atoms with E-state index in [2.05, 4.69) is 39.9 Å². The molecule has 0 fully saturated rings. The van der Waals surface area contributed by atoms with Crippen molar-refractivity contribution in [2.24, 2.45) is 0 Å². The number of hydrogen-bond acceptors (Lipinski definition) is 4. The number of para-hydroxylation sites is 1. The lowest BCUT2D eigenvalue weighted by Crippen LogP contribution is -2.18. The van der Waals surface area contributed by atoms with Gasteiger partial charge in [-0.1, -0.05) is 42.5 Å². The molecule has 1 aliphatic rings. The molecule has 0 unspecified atom stereocenters. The van der Waals surface area contributed by atoms with Crippen molar-refractivity contribution in [3.63, 3.8) is 0 Å². The van der Waals surface area contributed by atoms with Crippen molar-refractivity contribution in [2.75, 3.05) is 12.4 Å². The van der Waals surface area contributed by atoms with Crippen molar-refractivity contribution in [3.05, 3.63) is 76.6 Å². The first-order chi connectivity index (χ1) is 15.7. The van der Waals surface area contributed by atoms with E-state index in [0.29, 0.717) is 11.4 Å². The number of fused-ring (bicyclic) bond motifs is 2. The molecule has 4 aromatic rings. The van der Waals surface area contributed by atoms with Crippen LogP contribution in [0.5, 0.6) is 0 Å². The van der Waals surface area contributed by atoms with Crippen LogP contribution in [-0.2, 0) is 19.4 Å². The zero-order valence-electron chi connectivity index (χ0n) is 18.5. The molecule has 0 radical (unpaired) electrons. The van der Waals surface area contributed by atoms with E-state index in [1.807, 2.05) is 31.2 Å². The monoisotopic (exact) mass is 425 g/mol. The van der Waals surface area contributed by atoms with E-state index in [1.54, 1.807) is 7.05 Å². The summed E-state index contributed by atoms with van der Waals surface area (Å²) in [5.74, 6) is 1.52. The Bertz CT molecular complexity index is 1290. The van der Waals surface area contributed by atoms with Gasteiger partial charge < -0.3 is 15.6 Å². The lowest BCUT2D eigenvalue weighted by molar-refractivity contribution is 0.0964. The molecular weight excluding hydrogens is 398 g/mol. The van der Waals surface area contributed by atoms with Crippen LogP contribution in [0.3, 0.4) is 0 Å². The highest BCUT2D eigenvalue weighted by molar-refractivity contribution is 6.09. The Morgan fingerprint density at radius 3 is 2.66 bits per heavy atom. The normalized spacial score (nSPS) is 13.1. The highest BCUT2D eigenvalue weighted by Gasteiger charge is 2.22. The third kappa shape index (κ3) is 3.62. The number of aromatic amines is 1. The van der Waals surface area contributed by atoms with E-state index in [9.17, 15) is 4.79 Å². The third-order valence-electron chi connectivity index (χ3n) is 6.20. The lowest BCUT2D eigenvalue weighted by atomic mass is 9.96. The quantitative estimate of drug-likeness (QED) is 0.430. The highest BCUT2D eigenvalue weighted by atomic mass is 16.1. The average Bonchev–Trinajstić information content (AvgIpc) is 3.18. The third-order valence-corrected chi connectivity index (χ3v) is 6.20. The van der Waals surface area contributed by atoms with Crippen LogP contribution in [0.15, 0.2) is 48.5 Å². The molecule has 1 amide bonds. The zero-order valence-corrected chi connectivity index (χ0v) is 18.5. The minimum Gasteiger partial charge on any atom is -0.366 e. The molecule has 0 aliphatic heterocycles. The van der Waals surface area contributed by atoms with Gasteiger partial charge in [0.05, 0.1) is 11.1 Å². The van der Waals surface area contributed by atoms with Gasteiger partial charge in [0.25, 0.3) is 5.91 Å². The van der Waals surface area contributed by atoms with Gasteiger partial charge in [0, 0.05) is 41.5 Å². The van der Waals surface area contributed by atoms with E-state index in [-0.39, 0.29) is 5.91 Å². The molecule has 0 saturated carbocycles. The molecule has 6 heteroatoms. The summed E-state index contributed by atoms with van der Waals surface area (Å²) >= 11 is 0. The van der Waals surface area contributed by atoms with Crippen LogP contribution in [0.2, 0.25) is 0 Å². The van der Waals surface area contributed by atoms with Crippen LogP contribution >= 0.6 is 0 Å². The van der Waals surface area contributed by atoms with Gasteiger partial charge in [0.2, 0.25) is 0 Å². The molecule has 2 aromatic carbocycles. The maximum Gasteiger partial charge on any atom is 0.253 e. The average molecular weight is 426 g/mol. The molecule has 32 heavy (non-hydrogen) atoms. The number of H-pyrrole nitrogens is 1. The second-order valence-corrected chi connectivity index (χ2v) is 8.30. The molecule has 0 atom stereocenters. The van der Waals surface area contributed by atoms with Crippen LogP contribution in [-0.4, -0.2) is 27.9 Å². The molecule has 3 N–H and O–H groups in total. The summed E-state index contributed by atoms with van der Waals surface area (Å²) in [7, 11) is 1.65. The molecule has 0 bridgehead atoms. The maximum atomic E-state index is 12.4. The molecule has 162 valence electrons. The van der Waals surface area contributed by atoms with E-state index < -0.39 is 0 Å². The summed E-state index contributed by atoms with van der Waals surface area (Å²) in [5, 5.41) is 7.26. The van der Waals surface area contributed by atoms with Crippen molar-refractivity contribution in [3.8, 4) is 11.4 Å². The van der Waals surface area contributed by atoms with Crippen molar-refractivity contribution in [1.29, 1.82) is 0 Å². The Morgan fingerprint density at radius 2 is 1.84 bits per heavy atom. The van der Waals surface area contributed by atoms with Crippen molar-refractivity contribution >= 4 is 22.6 Å². The first-order valence-electron chi connectivity index (χ1n) is 11.2. The Morgan fingerprint density at radius 1 is 1.03 bits per heavy atom. The number of hydrogen-bond donors (Lipinski definition) is 3. The number of carbonyl (C=O) groups excluding carboxylic acids is 1. The van der Waals surface area contributed by atoms with Crippen molar-refractivity contribution in [2.45, 2.75) is 39.2 Å². The van der Waals surface area contributed by atoms with Crippen LogP contribution in [0.1, 0.15) is 45.7 Å². The van der Waals surface area contributed by atoms with Crippen molar-refractivity contribution < 1.29 is 4.79 Å². The Kier molecular flexibility index (Phi) is 5.35. The number of nitrogens with zero attached hydrogens (tertiary/aromatic N) is 2. The topological polar surface area (TPSA) is 82.7 Å². The van der Waals surface area contributed by atoms with Gasteiger partial charge in [0.15, 0.2) is 5.82 Å². The summed E-state index contributed by atoms with van der Waals surface area (Å²) in [6, 6.07) is 16.1. The second kappa shape index (κ2) is 8.46. The molecule has 6 nitrogen and oxygen atoms in total. The molecular formula is C26H27N5O. The predicted octanol–water partition coefficient (Wildman–Crippen LogP) is 4.78. The van der Waals surface area contributed by atoms with Gasteiger partial charge in [0.1, 0.15) is 5.82 Å². The molecule has 0 spiro atoms. The smallest absolute Gasteiger partial charge is 0.253 e. The summed E-state index contributed by atoms with van der Waals surface area (Å²) in [5.41, 5.74) is 6.95. The van der Waals surface area contributed by atoms with Gasteiger partial charge >= 0.3 is 0 Å². The number of benzene rings is 2. The molecule has 5 rings (SSSR count). The SMILES string of the molecule is CNC(=O)c1cccc2c(-c3nc4c(c(NCc5ccccc5)n3)CCCC4)c(C)[nH]c12.